The Morgan fingerprint density at radius 1 is 1.04 bits per heavy atom. The third kappa shape index (κ3) is 9.08. The van der Waals surface area contributed by atoms with Crippen molar-refractivity contribution in [3.8, 4) is 11.5 Å². The molecule has 54 heavy (non-hydrogen) atoms. The molecule has 0 radical (unpaired) electrons. The number of alkyl halides is 3. The van der Waals surface area contributed by atoms with Gasteiger partial charge in [-0.3, -0.25) is 20.1 Å². The van der Waals surface area contributed by atoms with E-state index in [9.17, 15) is 31.2 Å². The average molecular weight is 780 g/mol. The van der Waals surface area contributed by atoms with Gasteiger partial charge in [0.2, 0.25) is 0 Å². The maximum absolute atomic E-state index is 15.9. The number of aromatic nitrogens is 1. The zero-order valence-corrected chi connectivity index (χ0v) is 30.2. The van der Waals surface area contributed by atoms with Gasteiger partial charge in [0.25, 0.3) is 5.91 Å². The van der Waals surface area contributed by atoms with Crippen LogP contribution >= 0.6 is 0 Å². The van der Waals surface area contributed by atoms with Crippen molar-refractivity contribution in [3.05, 3.63) is 83.9 Å². The van der Waals surface area contributed by atoms with Crippen LogP contribution in [0.15, 0.2) is 71.9 Å². The molecule has 4 aromatic rings. The van der Waals surface area contributed by atoms with Gasteiger partial charge < -0.3 is 24.2 Å². The molecule has 0 bridgehead atoms. The summed E-state index contributed by atoms with van der Waals surface area (Å²) in [6, 6.07) is 11.8. The first kappa shape index (κ1) is 41.1. The number of benzene rings is 3. The second-order valence-electron chi connectivity index (χ2n) is 11.7. The molecule has 1 fully saturated rings. The highest BCUT2D eigenvalue weighted by molar-refractivity contribution is 7.91. The lowest BCUT2D eigenvalue weighted by Crippen LogP contribution is -2.46. The summed E-state index contributed by atoms with van der Waals surface area (Å²) in [5.41, 5.74) is 0.957. The number of nitrogens with two attached hydrogens (primary N) is 1. The van der Waals surface area contributed by atoms with Crippen LogP contribution < -0.4 is 25.6 Å². The molecule has 0 spiro atoms. The van der Waals surface area contributed by atoms with Gasteiger partial charge in [-0.15, -0.1) is 0 Å². The number of carboxylic acid groups (broad SMARTS) is 1. The number of nitrogens with one attached hydrogen (secondary N) is 1. The van der Waals surface area contributed by atoms with E-state index >= 15 is 4.39 Å². The van der Waals surface area contributed by atoms with Crippen molar-refractivity contribution in [3.63, 3.8) is 0 Å². The summed E-state index contributed by atoms with van der Waals surface area (Å²) >= 11 is 0. The van der Waals surface area contributed by atoms with E-state index in [1.807, 2.05) is 0 Å². The third-order valence-corrected chi connectivity index (χ3v) is 10.3. The maximum Gasteiger partial charge on any atom is 0.490 e. The van der Waals surface area contributed by atoms with E-state index in [0.717, 1.165) is 16.8 Å². The van der Waals surface area contributed by atoms with Crippen LogP contribution in [-0.2, 0) is 24.2 Å². The Morgan fingerprint density at radius 3 is 2.31 bits per heavy atom. The molecule has 4 N–H and O–H groups in total. The number of amides is 2. The molecule has 3 aromatic carbocycles. The average Bonchev–Trinajstić information content (AvgIpc) is 3.65. The molecule has 0 saturated carbocycles. The van der Waals surface area contributed by atoms with Crippen molar-refractivity contribution < 1.29 is 59.7 Å². The first-order valence-corrected chi connectivity index (χ1v) is 17.7. The summed E-state index contributed by atoms with van der Waals surface area (Å²) in [7, 11) is 0.228. The number of carbonyl (C=O) groups is 3. The van der Waals surface area contributed by atoms with E-state index in [4.69, 9.17) is 30.0 Å². The first-order valence-electron chi connectivity index (χ1n) is 16.1. The fourth-order valence-electron chi connectivity index (χ4n) is 5.87. The largest absolute Gasteiger partial charge is 0.493 e. The molecule has 2 atom stereocenters. The molecular formula is C35H37F4N5O9S. The van der Waals surface area contributed by atoms with Crippen LogP contribution in [-0.4, -0.2) is 81.2 Å². The quantitative estimate of drug-likeness (QED) is 0.100. The molecule has 2 amide bonds. The van der Waals surface area contributed by atoms with Crippen LogP contribution in [0.2, 0.25) is 0 Å². The molecule has 290 valence electrons. The zero-order chi connectivity index (χ0) is 40.0. The number of ether oxygens (including phenoxy) is 3. The minimum Gasteiger partial charge on any atom is -0.493 e. The SMILES string of the molecule is CCS(=O)(=O)c1ccc(NC(=O)OC)cc1[C@H]1CCCN1C(=O)[C@@H](c1cc(OC)c(OC)cc1F)N(N)c1ccc2cnccc2c1.O=C(O)C(F)(F)F. The fourth-order valence-corrected chi connectivity index (χ4v) is 7.01. The smallest absolute Gasteiger partial charge is 0.490 e. The molecule has 5 rings (SSSR count). The highest BCUT2D eigenvalue weighted by Crippen LogP contribution is 2.42. The van der Waals surface area contributed by atoms with E-state index in [-0.39, 0.29) is 39.9 Å². The van der Waals surface area contributed by atoms with Gasteiger partial charge in [-0.1, -0.05) is 13.0 Å². The number of hydrogen-bond donors (Lipinski definition) is 3. The predicted octanol–water partition coefficient (Wildman–Crippen LogP) is 5.78. The molecule has 14 nitrogen and oxygen atoms in total. The summed E-state index contributed by atoms with van der Waals surface area (Å²) in [6.07, 6.45) is -1.56. The molecule has 1 aromatic heterocycles. The number of fused-ring (bicyclic) bond motifs is 1. The highest BCUT2D eigenvalue weighted by Gasteiger charge is 2.41. The minimum absolute atomic E-state index is 0.0294. The Kier molecular flexibility index (Phi) is 12.9. The summed E-state index contributed by atoms with van der Waals surface area (Å²) in [5, 5.41) is 12.5. The van der Waals surface area contributed by atoms with E-state index in [1.165, 1.54) is 62.4 Å². The summed E-state index contributed by atoms with van der Waals surface area (Å²) in [4.78, 5) is 41.3. The van der Waals surface area contributed by atoms with Crippen LogP contribution in [0.25, 0.3) is 10.8 Å². The van der Waals surface area contributed by atoms with Gasteiger partial charge in [0, 0.05) is 41.6 Å². The van der Waals surface area contributed by atoms with Crippen molar-refractivity contribution in [2.75, 3.05) is 44.0 Å². The molecule has 1 saturated heterocycles. The van der Waals surface area contributed by atoms with Gasteiger partial charge in [-0.05, 0) is 66.3 Å². The normalized spacial score (nSPS) is 14.8. The summed E-state index contributed by atoms with van der Waals surface area (Å²) in [5.74, 6) is 2.79. The number of rotatable bonds is 10. The van der Waals surface area contributed by atoms with E-state index < -0.39 is 51.9 Å². The molecule has 1 aliphatic heterocycles. The number of carbonyl (C=O) groups excluding carboxylic acids is 2. The topological polar surface area (TPSA) is 191 Å². The van der Waals surface area contributed by atoms with Gasteiger partial charge in [-0.25, -0.2) is 28.2 Å². The number of halogens is 4. The van der Waals surface area contributed by atoms with Gasteiger partial charge in [0.05, 0.1) is 43.7 Å². The first-order chi connectivity index (χ1) is 25.5. The monoisotopic (exact) mass is 779 g/mol. The minimum atomic E-state index is -5.08. The summed E-state index contributed by atoms with van der Waals surface area (Å²) < 4.78 is 89.6. The second-order valence-corrected chi connectivity index (χ2v) is 14.0. The number of nitrogens with zero attached hydrogens (tertiary/aromatic N) is 3. The predicted molar refractivity (Wildman–Crippen MR) is 188 cm³/mol. The van der Waals surface area contributed by atoms with Crippen LogP contribution in [0.1, 0.15) is 43.0 Å². The lowest BCUT2D eigenvalue weighted by Gasteiger charge is -2.35. The summed E-state index contributed by atoms with van der Waals surface area (Å²) in [6.45, 7) is 1.77. The van der Waals surface area contributed by atoms with Gasteiger partial charge in [0.15, 0.2) is 27.4 Å². The number of hydrogen-bond acceptors (Lipinski definition) is 11. The van der Waals surface area contributed by atoms with E-state index in [1.54, 1.807) is 36.7 Å². The Hall–Kier alpha value is -5.69. The molecular weight excluding hydrogens is 742 g/mol. The van der Waals surface area contributed by atoms with Crippen molar-refractivity contribution >= 4 is 50.0 Å². The molecule has 19 heteroatoms. The Labute approximate surface area is 307 Å². The molecule has 1 aliphatic rings. The van der Waals surface area contributed by atoms with E-state index in [0.29, 0.717) is 24.1 Å². The Bertz CT molecular complexity index is 2140. The van der Waals surface area contributed by atoms with Gasteiger partial charge >= 0.3 is 18.2 Å². The van der Waals surface area contributed by atoms with E-state index in [2.05, 4.69) is 10.3 Å². The second kappa shape index (κ2) is 17.0. The number of pyridine rings is 1. The Morgan fingerprint density at radius 2 is 1.70 bits per heavy atom. The Balaban J connectivity index is 0.000000845. The van der Waals surface area contributed by atoms with Crippen molar-refractivity contribution in [2.45, 2.75) is 42.9 Å². The zero-order valence-electron chi connectivity index (χ0n) is 29.4. The standard InChI is InChI=1S/C33H36FN5O7S.C2HF3O2/c1-5-47(42,43)30-11-9-22(37-33(41)46-4)16-25(30)27-7-6-14-38(27)32(40)31(24-17-28(44-2)29(45-3)18-26(24)34)39(35)23-10-8-21-19-36-13-12-20(21)15-23;3-2(4,5)1(6)7/h8-13,15-19,27,31H,5-7,14,35H2,1-4H3,(H,37,41);(H,6,7)/t27-,31-;/m1./s1. The number of hydrazine groups is 1. The third-order valence-electron chi connectivity index (χ3n) is 8.53. The molecule has 0 aliphatic carbocycles. The van der Waals surface area contributed by atoms with Crippen molar-refractivity contribution in [1.82, 2.24) is 9.88 Å². The number of aliphatic carboxylic acids is 1. The van der Waals surface area contributed by atoms with Crippen molar-refractivity contribution in [2.24, 2.45) is 5.84 Å². The van der Waals surface area contributed by atoms with Crippen LogP contribution in [0, 0.1) is 5.82 Å². The fraction of sp³-hybridized carbons (Fsp3) is 0.314. The molecule has 2 heterocycles. The lowest BCUT2D eigenvalue weighted by atomic mass is 9.99. The van der Waals surface area contributed by atoms with Crippen LogP contribution in [0.3, 0.4) is 0 Å². The lowest BCUT2D eigenvalue weighted by molar-refractivity contribution is -0.192. The number of likely N-dealkylation sites (tertiary alicyclic amines) is 1. The van der Waals surface area contributed by atoms with Crippen LogP contribution in [0.5, 0.6) is 11.5 Å². The molecule has 0 unspecified atom stereocenters. The van der Waals surface area contributed by atoms with Crippen molar-refractivity contribution in [1.29, 1.82) is 0 Å². The number of methoxy groups -OCH3 is 3. The van der Waals surface area contributed by atoms with Gasteiger partial charge in [-0.2, -0.15) is 13.2 Å². The van der Waals surface area contributed by atoms with Gasteiger partial charge in [0.1, 0.15) is 5.82 Å². The number of anilines is 2. The highest BCUT2D eigenvalue weighted by atomic mass is 32.2. The maximum atomic E-state index is 15.9. The number of sulfone groups is 1. The van der Waals surface area contributed by atoms with Crippen LogP contribution in [0.4, 0.5) is 33.7 Å². The number of carboxylic acids is 1.